The number of rotatable bonds is 5. The molecule has 0 heterocycles. The van der Waals surface area contributed by atoms with E-state index < -0.39 is 0 Å². The van der Waals surface area contributed by atoms with Crippen molar-refractivity contribution in [3.05, 3.63) is 27.7 Å². The molecular weight excluding hydrogens is 324 g/mol. The lowest BCUT2D eigenvalue weighted by atomic mass is 10.1. The van der Waals surface area contributed by atoms with E-state index in [0.717, 1.165) is 21.3 Å². The van der Waals surface area contributed by atoms with Crippen LogP contribution in [0.2, 0.25) is 0 Å². The molecule has 0 saturated carbocycles. The number of amides is 2. The summed E-state index contributed by atoms with van der Waals surface area (Å²) in [6, 6.07) is 3.56. The van der Waals surface area contributed by atoms with Gasteiger partial charge < -0.3 is 15.1 Å². The molecule has 0 fully saturated rings. The first-order valence-corrected chi connectivity index (χ1v) is 7.22. The fourth-order valence-corrected chi connectivity index (χ4v) is 2.19. The van der Waals surface area contributed by atoms with E-state index in [1.807, 2.05) is 26.0 Å². The molecule has 5 nitrogen and oxygen atoms in total. The first kappa shape index (κ1) is 16.9. The highest BCUT2D eigenvalue weighted by molar-refractivity contribution is 9.10. The molecule has 6 heteroatoms. The Kier molecular flexibility index (Phi) is 6.45. The number of carbonyl (C=O) groups is 1. The van der Waals surface area contributed by atoms with Crippen LogP contribution in [0.5, 0.6) is 0 Å². The zero-order valence-corrected chi connectivity index (χ0v) is 13.6. The van der Waals surface area contributed by atoms with Gasteiger partial charge >= 0.3 is 6.03 Å². The lowest BCUT2D eigenvalue weighted by Crippen LogP contribution is -2.43. The minimum absolute atomic E-state index is 0.0897. The van der Waals surface area contributed by atoms with E-state index in [9.17, 15) is 9.90 Å². The van der Waals surface area contributed by atoms with Crippen molar-refractivity contribution in [3.63, 3.8) is 0 Å². The number of nitrogens with zero attached hydrogens (tertiary/aromatic N) is 2. The number of anilines is 1. The molecule has 0 saturated heterocycles. The molecule has 0 unspecified atom stereocenters. The van der Waals surface area contributed by atoms with Crippen LogP contribution in [-0.2, 0) is 0 Å². The third-order valence-electron chi connectivity index (χ3n) is 3.05. The SMILES string of the molecule is Cc1cc(N(CCO)C(=O)N(C)CCO)cc(C)c1Br. The maximum absolute atomic E-state index is 12.3. The molecule has 0 bridgehead atoms. The maximum Gasteiger partial charge on any atom is 0.324 e. The van der Waals surface area contributed by atoms with Gasteiger partial charge in [-0.05, 0) is 37.1 Å². The number of aliphatic hydroxyl groups is 2. The number of likely N-dealkylation sites (N-methyl/N-ethyl adjacent to an activating group) is 1. The molecule has 2 N–H and O–H groups in total. The Balaban J connectivity index is 3.10. The molecular formula is C14H21BrN2O3. The second-order valence-electron chi connectivity index (χ2n) is 4.70. The smallest absolute Gasteiger partial charge is 0.324 e. The standard InChI is InChI=1S/C14H21BrN2O3/c1-10-8-12(9-11(2)13(10)15)17(5-7-19)14(20)16(3)4-6-18/h8-9,18-19H,4-7H2,1-3H3. The molecule has 2 amide bonds. The van der Waals surface area contributed by atoms with E-state index in [1.54, 1.807) is 7.05 Å². The van der Waals surface area contributed by atoms with E-state index in [4.69, 9.17) is 5.11 Å². The van der Waals surface area contributed by atoms with Gasteiger partial charge in [0.25, 0.3) is 0 Å². The molecule has 1 aromatic carbocycles. The summed E-state index contributed by atoms with van der Waals surface area (Å²) in [6.07, 6.45) is 0. The summed E-state index contributed by atoms with van der Waals surface area (Å²) in [5, 5.41) is 18.1. The van der Waals surface area contributed by atoms with Crippen LogP contribution in [-0.4, -0.2) is 54.5 Å². The number of aliphatic hydroxyl groups excluding tert-OH is 2. The number of halogens is 1. The minimum atomic E-state index is -0.241. The molecule has 0 aliphatic rings. The molecule has 0 aliphatic carbocycles. The zero-order valence-electron chi connectivity index (χ0n) is 12.1. The highest BCUT2D eigenvalue weighted by Gasteiger charge is 2.20. The number of aryl methyl sites for hydroxylation is 2. The van der Waals surface area contributed by atoms with Crippen LogP contribution in [0.3, 0.4) is 0 Å². The third-order valence-corrected chi connectivity index (χ3v) is 4.30. The molecule has 0 spiro atoms. The fraction of sp³-hybridized carbons (Fsp3) is 0.500. The Morgan fingerprint density at radius 2 is 1.65 bits per heavy atom. The molecule has 1 rings (SSSR count). The largest absolute Gasteiger partial charge is 0.395 e. The highest BCUT2D eigenvalue weighted by Crippen LogP contribution is 2.27. The molecule has 112 valence electrons. The van der Waals surface area contributed by atoms with Crippen molar-refractivity contribution in [3.8, 4) is 0 Å². The first-order valence-electron chi connectivity index (χ1n) is 6.43. The topological polar surface area (TPSA) is 64.0 Å². The number of carbonyl (C=O) groups excluding carboxylic acids is 1. The van der Waals surface area contributed by atoms with Gasteiger partial charge in [-0.1, -0.05) is 15.9 Å². The van der Waals surface area contributed by atoms with E-state index in [-0.39, 0.29) is 32.3 Å². The summed E-state index contributed by atoms with van der Waals surface area (Å²) in [5.74, 6) is 0. The second kappa shape index (κ2) is 7.61. The number of hydrogen-bond donors (Lipinski definition) is 2. The van der Waals surface area contributed by atoms with Gasteiger partial charge in [-0.3, -0.25) is 4.90 Å². The van der Waals surface area contributed by atoms with Crippen molar-refractivity contribution in [1.29, 1.82) is 0 Å². The predicted molar refractivity (Wildman–Crippen MR) is 83.2 cm³/mol. The van der Waals surface area contributed by atoms with Gasteiger partial charge in [-0.25, -0.2) is 4.79 Å². The summed E-state index contributed by atoms with van der Waals surface area (Å²) in [7, 11) is 1.63. The van der Waals surface area contributed by atoms with Crippen LogP contribution in [0.1, 0.15) is 11.1 Å². The molecule has 1 aromatic rings. The monoisotopic (exact) mass is 344 g/mol. The average molecular weight is 345 g/mol. The Labute approximate surface area is 127 Å². The van der Waals surface area contributed by atoms with Gasteiger partial charge in [0.1, 0.15) is 0 Å². The van der Waals surface area contributed by atoms with Crippen LogP contribution in [0, 0.1) is 13.8 Å². The molecule has 0 aromatic heterocycles. The second-order valence-corrected chi connectivity index (χ2v) is 5.49. The lowest BCUT2D eigenvalue weighted by molar-refractivity contribution is 0.194. The number of hydrogen-bond acceptors (Lipinski definition) is 3. The van der Waals surface area contributed by atoms with E-state index in [0.29, 0.717) is 0 Å². The van der Waals surface area contributed by atoms with Crippen LogP contribution in [0.4, 0.5) is 10.5 Å². The molecule has 0 radical (unpaired) electrons. The van der Waals surface area contributed by atoms with Crippen LogP contribution in [0.25, 0.3) is 0 Å². The van der Waals surface area contributed by atoms with Crippen LogP contribution < -0.4 is 4.90 Å². The van der Waals surface area contributed by atoms with Gasteiger partial charge in [0.15, 0.2) is 0 Å². The first-order chi connectivity index (χ1) is 9.42. The van der Waals surface area contributed by atoms with Crippen molar-refractivity contribution in [1.82, 2.24) is 4.90 Å². The van der Waals surface area contributed by atoms with Crippen LogP contribution in [0.15, 0.2) is 16.6 Å². The van der Waals surface area contributed by atoms with Gasteiger partial charge in [0, 0.05) is 23.8 Å². The third kappa shape index (κ3) is 3.94. The van der Waals surface area contributed by atoms with Gasteiger partial charge in [-0.2, -0.15) is 0 Å². The van der Waals surface area contributed by atoms with Crippen molar-refractivity contribution < 1.29 is 15.0 Å². The highest BCUT2D eigenvalue weighted by atomic mass is 79.9. The molecule has 0 atom stereocenters. The Hall–Kier alpha value is -1.11. The summed E-state index contributed by atoms with van der Waals surface area (Å²) in [5.41, 5.74) is 2.80. The zero-order chi connectivity index (χ0) is 15.3. The maximum atomic E-state index is 12.3. The van der Waals surface area contributed by atoms with Gasteiger partial charge in [-0.15, -0.1) is 0 Å². The number of urea groups is 1. The summed E-state index contributed by atoms with van der Waals surface area (Å²) < 4.78 is 1.02. The van der Waals surface area contributed by atoms with E-state index >= 15 is 0 Å². The van der Waals surface area contributed by atoms with Crippen molar-refractivity contribution in [2.45, 2.75) is 13.8 Å². The van der Waals surface area contributed by atoms with Crippen molar-refractivity contribution >= 4 is 27.6 Å². The summed E-state index contributed by atoms with van der Waals surface area (Å²) in [6.45, 7) is 4.18. The van der Waals surface area contributed by atoms with E-state index in [1.165, 1.54) is 9.80 Å². The lowest BCUT2D eigenvalue weighted by Gasteiger charge is -2.28. The predicted octanol–water partition coefficient (Wildman–Crippen LogP) is 1.91. The normalized spacial score (nSPS) is 10.5. The quantitative estimate of drug-likeness (QED) is 0.857. The fourth-order valence-electron chi connectivity index (χ4n) is 1.97. The number of benzene rings is 1. The van der Waals surface area contributed by atoms with Crippen LogP contribution >= 0.6 is 15.9 Å². The Morgan fingerprint density at radius 1 is 1.15 bits per heavy atom. The minimum Gasteiger partial charge on any atom is -0.395 e. The van der Waals surface area contributed by atoms with Crippen molar-refractivity contribution in [2.75, 3.05) is 38.3 Å². The molecule has 20 heavy (non-hydrogen) atoms. The van der Waals surface area contributed by atoms with Crippen molar-refractivity contribution in [2.24, 2.45) is 0 Å². The Morgan fingerprint density at radius 3 is 2.10 bits per heavy atom. The van der Waals surface area contributed by atoms with Gasteiger partial charge in [0.2, 0.25) is 0 Å². The Bertz CT molecular complexity index is 456. The summed E-state index contributed by atoms with van der Waals surface area (Å²) >= 11 is 3.50. The average Bonchev–Trinajstić information content (AvgIpc) is 2.41. The van der Waals surface area contributed by atoms with E-state index in [2.05, 4.69) is 15.9 Å². The summed E-state index contributed by atoms with van der Waals surface area (Å²) in [4.78, 5) is 15.3. The van der Waals surface area contributed by atoms with Gasteiger partial charge in [0.05, 0.1) is 19.8 Å². The molecule has 0 aliphatic heterocycles.